The normalized spacial score (nSPS) is 17.5. The van der Waals surface area contributed by atoms with Crippen molar-refractivity contribution in [2.45, 2.75) is 31.4 Å². The molecule has 1 atom stereocenters. The summed E-state index contributed by atoms with van der Waals surface area (Å²) in [5.74, 6) is 2.19. The summed E-state index contributed by atoms with van der Waals surface area (Å²) in [5.41, 5.74) is 8.79. The van der Waals surface area contributed by atoms with Gasteiger partial charge < -0.3 is 14.4 Å². The molecule has 3 aromatic rings. The highest BCUT2D eigenvalue weighted by Crippen LogP contribution is 2.35. The lowest BCUT2D eigenvalue weighted by Crippen LogP contribution is -2.36. The summed E-state index contributed by atoms with van der Waals surface area (Å²) >= 11 is 1.30. The molecular weight excluding hydrogens is 484 g/mol. The van der Waals surface area contributed by atoms with Crippen molar-refractivity contribution in [3.8, 4) is 11.5 Å². The van der Waals surface area contributed by atoms with Crippen molar-refractivity contribution >= 4 is 39.9 Å². The lowest BCUT2D eigenvalue weighted by molar-refractivity contribution is 0.260. The molecule has 2 aliphatic rings. The number of carbonyl (C=O) groups is 1. The molecule has 8 heteroatoms. The number of anilines is 1. The third kappa shape index (κ3) is 5.20. The Kier molecular flexibility index (Phi) is 7.46. The first-order valence-electron chi connectivity index (χ1n) is 12.4. The van der Waals surface area contributed by atoms with Gasteiger partial charge in [0, 0.05) is 17.8 Å². The number of fused-ring (bicyclic) bond motifs is 1. The van der Waals surface area contributed by atoms with Gasteiger partial charge in [-0.05, 0) is 72.9 Å². The Morgan fingerprint density at radius 1 is 1.08 bits per heavy atom. The molecule has 7 nitrogen and oxygen atoms in total. The molecular formula is C29H30N4O3S. The number of nitrogens with zero attached hydrogens (tertiary/aromatic N) is 3. The van der Waals surface area contributed by atoms with Crippen LogP contribution in [0.1, 0.15) is 36.5 Å². The summed E-state index contributed by atoms with van der Waals surface area (Å²) in [6.07, 6.45) is 2.80. The van der Waals surface area contributed by atoms with Crippen molar-refractivity contribution in [3.05, 3.63) is 83.4 Å². The van der Waals surface area contributed by atoms with E-state index in [1.54, 1.807) is 14.2 Å². The summed E-state index contributed by atoms with van der Waals surface area (Å²) in [7, 11) is 3.28. The van der Waals surface area contributed by atoms with Crippen LogP contribution in [0.15, 0.2) is 76.8 Å². The van der Waals surface area contributed by atoms with Crippen LogP contribution in [0.5, 0.6) is 11.5 Å². The van der Waals surface area contributed by atoms with E-state index in [0.717, 1.165) is 59.9 Å². The predicted molar refractivity (Wildman–Crippen MR) is 151 cm³/mol. The summed E-state index contributed by atoms with van der Waals surface area (Å²) in [4.78, 5) is 19.2. The SMILES string of the molecule is CCC1SC(=O)NN=C1c1ccc2c(c1)CCCN2/C(=N\c1ccccc1)c1ccc(OC)c(OC)c1. The molecule has 0 aliphatic carbocycles. The molecule has 1 N–H and O–H groups in total. The van der Waals surface area contributed by atoms with E-state index in [1.807, 2.05) is 48.5 Å². The Balaban J connectivity index is 1.58. The van der Waals surface area contributed by atoms with Gasteiger partial charge >= 0.3 is 0 Å². The molecule has 0 saturated carbocycles. The number of amidine groups is 1. The van der Waals surface area contributed by atoms with E-state index < -0.39 is 0 Å². The number of benzene rings is 3. The van der Waals surface area contributed by atoms with Gasteiger partial charge in [-0.25, -0.2) is 10.4 Å². The standard InChI is InChI=1S/C29H30N4O3S/c1-4-26-27(31-32-29(34)37-26)20-12-14-23-19(17-20)9-8-16-33(23)28(30-22-10-6-5-7-11-22)21-13-15-24(35-2)25(18-21)36-3/h5-7,10-15,17-18,26H,4,8-9,16H2,1-3H3,(H,32,34)/b30-28-. The highest BCUT2D eigenvalue weighted by Gasteiger charge is 2.28. The number of rotatable bonds is 6. The van der Waals surface area contributed by atoms with Crippen LogP contribution in [0, 0.1) is 0 Å². The second kappa shape index (κ2) is 11.1. The van der Waals surface area contributed by atoms with Gasteiger partial charge in [-0.1, -0.05) is 43.0 Å². The van der Waals surface area contributed by atoms with Crippen molar-refractivity contribution in [2.24, 2.45) is 10.1 Å². The minimum atomic E-state index is -0.101. The summed E-state index contributed by atoms with van der Waals surface area (Å²) in [5, 5.41) is 4.36. The molecule has 0 aromatic heterocycles. The first-order valence-corrected chi connectivity index (χ1v) is 13.3. The zero-order valence-electron chi connectivity index (χ0n) is 21.2. The minimum absolute atomic E-state index is 0.0495. The first-order chi connectivity index (χ1) is 18.1. The Morgan fingerprint density at radius 3 is 2.65 bits per heavy atom. The Bertz CT molecular complexity index is 1360. The summed E-state index contributed by atoms with van der Waals surface area (Å²) in [6.45, 7) is 2.93. The third-order valence-electron chi connectivity index (χ3n) is 6.58. The maximum Gasteiger partial charge on any atom is 0.299 e. The van der Waals surface area contributed by atoms with E-state index in [-0.39, 0.29) is 10.5 Å². The average Bonchev–Trinajstić information content (AvgIpc) is 2.95. The van der Waals surface area contributed by atoms with Crippen LogP contribution in [0.3, 0.4) is 0 Å². The number of para-hydroxylation sites is 1. The molecule has 1 unspecified atom stereocenters. The molecule has 2 aliphatic heterocycles. The molecule has 5 rings (SSSR count). The largest absolute Gasteiger partial charge is 0.493 e. The van der Waals surface area contributed by atoms with Gasteiger partial charge in [-0.15, -0.1) is 0 Å². The smallest absolute Gasteiger partial charge is 0.299 e. The van der Waals surface area contributed by atoms with E-state index in [2.05, 4.69) is 40.5 Å². The maximum atomic E-state index is 11.8. The number of aliphatic imine (C=N–C) groups is 1. The van der Waals surface area contributed by atoms with E-state index in [9.17, 15) is 4.79 Å². The molecule has 37 heavy (non-hydrogen) atoms. The molecule has 0 bridgehead atoms. The molecule has 1 amide bonds. The summed E-state index contributed by atoms with van der Waals surface area (Å²) < 4.78 is 11.1. The van der Waals surface area contributed by atoms with Gasteiger partial charge in [-0.3, -0.25) is 4.79 Å². The van der Waals surface area contributed by atoms with Crippen molar-refractivity contribution in [1.29, 1.82) is 0 Å². The second-order valence-corrected chi connectivity index (χ2v) is 10.0. The molecule has 0 fully saturated rings. The Morgan fingerprint density at radius 2 is 1.89 bits per heavy atom. The minimum Gasteiger partial charge on any atom is -0.493 e. The number of nitrogens with one attached hydrogen (secondary N) is 1. The number of thioether (sulfide) groups is 1. The van der Waals surface area contributed by atoms with E-state index in [0.29, 0.717) is 11.5 Å². The van der Waals surface area contributed by atoms with Gasteiger partial charge in [0.2, 0.25) is 0 Å². The number of hydrogen-bond donors (Lipinski definition) is 1. The van der Waals surface area contributed by atoms with Gasteiger partial charge in [0.25, 0.3) is 5.24 Å². The summed E-state index contributed by atoms with van der Waals surface area (Å²) in [6, 6.07) is 22.4. The highest BCUT2D eigenvalue weighted by molar-refractivity contribution is 8.14. The molecule has 0 radical (unpaired) electrons. The number of amides is 1. The highest BCUT2D eigenvalue weighted by atomic mass is 32.2. The van der Waals surface area contributed by atoms with Crippen molar-refractivity contribution < 1.29 is 14.3 Å². The van der Waals surface area contributed by atoms with E-state index >= 15 is 0 Å². The van der Waals surface area contributed by atoms with Gasteiger partial charge in [0.05, 0.1) is 30.9 Å². The van der Waals surface area contributed by atoms with Crippen LogP contribution >= 0.6 is 11.8 Å². The average molecular weight is 515 g/mol. The Labute approximate surface area is 221 Å². The Hall–Kier alpha value is -3.78. The zero-order chi connectivity index (χ0) is 25.8. The number of carbonyl (C=O) groups excluding carboxylic acids is 1. The molecule has 3 aromatic carbocycles. The van der Waals surface area contributed by atoms with Crippen LogP contribution in [-0.4, -0.2) is 42.8 Å². The van der Waals surface area contributed by atoms with Crippen LogP contribution in [0.2, 0.25) is 0 Å². The molecule has 190 valence electrons. The number of ether oxygens (including phenoxy) is 2. The maximum absolute atomic E-state index is 11.8. The zero-order valence-corrected chi connectivity index (χ0v) is 22.0. The van der Waals surface area contributed by atoms with Crippen LogP contribution < -0.4 is 19.8 Å². The first kappa shape index (κ1) is 24.9. The fourth-order valence-corrected chi connectivity index (χ4v) is 5.60. The molecule has 2 heterocycles. The molecule has 0 spiro atoms. The van der Waals surface area contributed by atoms with Gasteiger partial charge in [-0.2, -0.15) is 5.10 Å². The fraction of sp³-hybridized carbons (Fsp3) is 0.276. The third-order valence-corrected chi connectivity index (χ3v) is 7.72. The predicted octanol–water partition coefficient (Wildman–Crippen LogP) is 6.17. The topological polar surface area (TPSA) is 75.5 Å². The number of hydrazone groups is 1. The number of hydrogen-bond acceptors (Lipinski definition) is 6. The fourth-order valence-electron chi connectivity index (χ4n) is 4.77. The van der Waals surface area contributed by atoms with E-state index in [1.165, 1.54) is 17.3 Å². The van der Waals surface area contributed by atoms with Crippen molar-refractivity contribution in [1.82, 2.24) is 5.43 Å². The monoisotopic (exact) mass is 514 g/mol. The van der Waals surface area contributed by atoms with Gasteiger partial charge in [0.15, 0.2) is 11.5 Å². The second-order valence-electron chi connectivity index (χ2n) is 8.85. The van der Waals surface area contributed by atoms with Crippen molar-refractivity contribution in [3.63, 3.8) is 0 Å². The van der Waals surface area contributed by atoms with Crippen molar-refractivity contribution in [2.75, 3.05) is 25.7 Å². The van der Waals surface area contributed by atoms with Crippen LogP contribution in [0.4, 0.5) is 16.2 Å². The number of aryl methyl sites for hydroxylation is 1. The van der Waals surface area contributed by atoms with Crippen LogP contribution in [0.25, 0.3) is 0 Å². The number of methoxy groups -OCH3 is 2. The lowest BCUT2D eigenvalue weighted by Gasteiger charge is -2.33. The quantitative estimate of drug-likeness (QED) is 0.314. The molecule has 0 saturated heterocycles. The van der Waals surface area contributed by atoms with E-state index in [4.69, 9.17) is 14.5 Å². The van der Waals surface area contributed by atoms with Gasteiger partial charge in [0.1, 0.15) is 5.84 Å². The lowest BCUT2D eigenvalue weighted by atomic mass is 9.95. The van der Waals surface area contributed by atoms with Crippen LogP contribution in [-0.2, 0) is 6.42 Å².